The van der Waals surface area contributed by atoms with E-state index in [1.54, 1.807) is 13.3 Å². The fraction of sp³-hybridized carbons (Fsp3) is 0.250. The van der Waals surface area contributed by atoms with Crippen molar-refractivity contribution in [2.45, 2.75) is 26.8 Å². The van der Waals surface area contributed by atoms with E-state index in [1.807, 2.05) is 50.2 Å². The van der Waals surface area contributed by atoms with Crippen LogP contribution in [0.1, 0.15) is 22.4 Å². The Bertz CT molecular complexity index is 922. The highest BCUT2D eigenvalue weighted by molar-refractivity contribution is 5.86. The van der Waals surface area contributed by atoms with Gasteiger partial charge in [-0.15, -0.1) is 0 Å². The van der Waals surface area contributed by atoms with E-state index in [2.05, 4.69) is 15.3 Å². The van der Waals surface area contributed by atoms with Crippen molar-refractivity contribution < 1.29 is 9.53 Å². The lowest BCUT2D eigenvalue weighted by molar-refractivity contribution is -0.120. The number of carbonyl (C=O) groups excluding carboxylic acids is 1. The van der Waals surface area contributed by atoms with Crippen LogP contribution in [0.15, 0.2) is 42.6 Å². The van der Waals surface area contributed by atoms with E-state index >= 15 is 0 Å². The molecule has 0 aliphatic carbocycles. The topological polar surface area (TPSA) is 64.1 Å². The zero-order valence-electron chi connectivity index (χ0n) is 14.7. The van der Waals surface area contributed by atoms with Gasteiger partial charge in [0.15, 0.2) is 0 Å². The van der Waals surface area contributed by atoms with Gasteiger partial charge in [0.1, 0.15) is 0 Å². The number of ether oxygens (including phenoxy) is 1. The maximum atomic E-state index is 12.4. The Hall–Kier alpha value is -2.95. The first-order valence-electron chi connectivity index (χ1n) is 8.19. The van der Waals surface area contributed by atoms with Gasteiger partial charge in [-0.25, -0.2) is 4.98 Å². The molecule has 25 heavy (non-hydrogen) atoms. The first-order chi connectivity index (χ1) is 12.1. The normalized spacial score (nSPS) is 10.7. The summed E-state index contributed by atoms with van der Waals surface area (Å²) < 4.78 is 5.10. The molecule has 1 N–H and O–H groups in total. The van der Waals surface area contributed by atoms with Crippen LogP contribution in [0.4, 0.5) is 0 Å². The van der Waals surface area contributed by atoms with Gasteiger partial charge in [0.05, 0.1) is 19.0 Å². The van der Waals surface area contributed by atoms with E-state index in [9.17, 15) is 4.79 Å². The van der Waals surface area contributed by atoms with Crippen molar-refractivity contribution in [1.82, 2.24) is 15.3 Å². The second-order valence-corrected chi connectivity index (χ2v) is 5.98. The first kappa shape index (κ1) is 16.9. The number of aromatic nitrogens is 2. The summed E-state index contributed by atoms with van der Waals surface area (Å²) in [5, 5.41) is 4.04. The van der Waals surface area contributed by atoms with Crippen LogP contribution >= 0.6 is 0 Å². The Morgan fingerprint density at radius 3 is 2.80 bits per heavy atom. The van der Waals surface area contributed by atoms with Gasteiger partial charge in [0.25, 0.3) is 0 Å². The quantitative estimate of drug-likeness (QED) is 0.778. The van der Waals surface area contributed by atoms with Crippen molar-refractivity contribution in [2.24, 2.45) is 0 Å². The van der Waals surface area contributed by atoms with E-state index in [0.717, 1.165) is 33.3 Å². The lowest BCUT2D eigenvalue weighted by Gasteiger charge is -2.13. The van der Waals surface area contributed by atoms with Crippen molar-refractivity contribution in [2.75, 3.05) is 7.11 Å². The number of amides is 1. The number of methoxy groups -OCH3 is 1. The number of hydrogen-bond acceptors (Lipinski definition) is 4. The second kappa shape index (κ2) is 7.30. The van der Waals surface area contributed by atoms with E-state index in [0.29, 0.717) is 18.8 Å². The highest BCUT2D eigenvalue weighted by atomic mass is 16.5. The number of rotatable bonds is 5. The molecule has 1 aromatic carbocycles. The van der Waals surface area contributed by atoms with Gasteiger partial charge in [-0.1, -0.05) is 18.2 Å². The fourth-order valence-electron chi connectivity index (χ4n) is 2.93. The highest BCUT2D eigenvalue weighted by Gasteiger charge is 2.13. The predicted molar refractivity (Wildman–Crippen MR) is 97.6 cm³/mol. The van der Waals surface area contributed by atoms with Gasteiger partial charge in [-0.2, -0.15) is 0 Å². The second-order valence-electron chi connectivity index (χ2n) is 5.98. The SMILES string of the molecule is COc1cc(CNC(=O)Cc2c(C)nc3ccccc3c2C)ccn1. The Morgan fingerprint density at radius 2 is 2.00 bits per heavy atom. The Morgan fingerprint density at radius 1 is 1.20 bits per heavy atom. The number of fused-ring (bicyclic) bond motifs is 1. The van der Waals surface area contributed by atoms with E-state index in [1.165, 1.54) is 0 Å². The molecule has 0 unspecified atom stereocenters. The molecule has 0 aliphatic rings. The summed E-state index contributed by atoms with van der Waals surface area (Å²) in [7, 11) is 1.57. The molecule has 5 nitrogen and oxygen atoms in total. The maximum Gasteiger partial charge on any atom is 0.224 e. The number of pyridine rings is 2. The van der Waals surface area contributed by atoms with E-state index < -0.39 is 0 Å². The number of hydrogen-bond donors (Lipinski definition) is 1. The molecule has 0 saturated carbocycles. The fourth-order valence-corrected chi connectivity index (χ4v) is 2.93. The molecule has 5 heteroatoms. The molecule has 3 aromatic rings. The molecule has 3 rings (SSSR count). The molecule has 0 saturated heterocycles. The number of carbonyl (C=O) groups is 1. The number of benzene rings is 1. The average Bonchev–Trinajstić information content (AvgIpc) is 2.63. The van der Waals surface area contributed by atoms with Crippen molar-refractivity contribution in [1.29, 1.82) is 0 Å². The minimum atomic E-state index is -0.0286. The number of nitrogens with one attached hydrogen (secondary N) is 1. The highest BCUT2D eigenvalue weighted by Crippen LogP contribution is 2.22. The summed E-state index contributed by atoms with van der Waals surface area (Å²) in [6.45, 7) is 4.44. The van der Waals surface area contributed by atoms with Gasteiger partial charge >= 0.3 is 0 Å². The Balaban J connectivity index is 1.73. The lowest BCUT2D eigenvalue weighted by atomic mass is 9.99. The van der Waals surface area contributed by atoms with E-state index in [-0.39, 0.29) is 5.91 Å². The molecule has 2 heterocycles. The van der Waals surface area contributed by atoms with Crippen molar-refractivity contribution in [3.8, 4) is 5.88 Å². The van der Waals surface area contributed by atoms with Gasteiger partial charge in [0.2, 0.25) is 11.8 Å². The Kier molecular flexibility index (Phi) is 4.93. The molecule has 2 aromatic heterocycles. The summed E-state index contributed by atoms with van der Waals surface area (Å²) in [5.41, 5.74) is 4.92. The Labute approximate surface area is 147 Å². The van der Waals surface area contributed by atoms with Gasteiger partial charge in [0, 0.05) is 29.9 Å². The molecule has 0 atom stereocenters. The average molecular weight is 335 g/mol. The van der Waals surface area contributed by atoms with Crippen LogP contribution in [0, 0.1) is 13.8 Å². The van der Waals surface area contributed by atoms with Gasteiger partial charge < -0.3 is 10.1 Å². The third kappa shape index (κ3) is 3.76. The van der Waals surface area contributed by atoms with Gasteiger partial charge in [-0.05, 0) is 42.7 Å². The predicted octanol–water partition coefficient (Wildman–Crippen LogP) is 3.11. The van der Waals surface area contributed by atoms with Crippen LogP contribution in [-0.4, -0.2) is 23.0 Å². The number of nitrogens with zero attached hydrogens (tertiary/aromatic N) is 2. The third-order valence-corrected chi connectivity index (χ3v) is 4.32. The summed E-state index contributed by atoms with van der Waals surface area (Å²) >= 11 is 0. The molecule has 128 valence electrons. The molecule has 1 amide bonds. The molecule has 0 spiro atoms. The van der Waals surface area contributed by atoms with Crippen molar-refractivity contribution >= 4 is 16.8 Å². The molecule has 0 radical (unpaired) electrons. The zero-order chi connectivity index (χ0) is 17.8. The van der Waals surface area contributed by atoms with Crippen LogP contribution in [0.3, 0.4) is 0 Å². The molecule has 0 bridgehead atoms. The van der Waals surface area contributed by atoms with Crippen LogP contribution < -0.4 is 10.1 Å². The standard InChI is InChI=1S/C20H21N3O2/c1-13-16-6-4-5-7-18(16)23-14(2)17(13)11-19(24)22-12-15-8-9-21-20(10-15)25-3/h4-10H,11-12H2,1-3H3,(H,22,24). The molecule has 0 fully saturated rings. The lowest BCUT2D eigenvalue weighted by Crippen LogP contribution is -2.25. The molecular weight excluding hydrogens is 314 g/mol. The summed E-state index contributed by atoms with van der Waals surface area (Å²) in [6.07, 6.45) is 1.99. The number of para-hydroxylation sites is 1. The van der Waals surface area contributed by atoms with Crippen LogP contribution in [0.5, 0.6) is 5.88 Å². The van der Waals surface area contributed by atoms with E-state index in [4.69, 9.17) is 4.74 Å². The van der Waals surface area contributed by atoms with Crippen LogP contribution in [0.25, 0.3) is 10.9 Å². The minimum Gasteiger partial charge on any atom is -0.481 e. The summed E-state index contributed by atoms with van der Waals surface area (Å²) in [6, 6.07) is 11.7. The molecule has 0 aliphatic heterocycles. The summed E-state index contributed by atoms with van der Waals surface area (Å²) in [4.78, 5) is 21.1. The summed E-state index contributed by atoms with van der Waals surface area (Å²) in [5.74, 6) is 0.510. The maximum absolute atomic E-state index is 12.4. The number of aryl methyl sites for hydroxylation is 2. The van der Waals surface area contributed by atoms with Crippen LogP contribution in [0.2, 0.25) is 0 Å². The van der Waals surface area contributed by atoms with Gasteiger partial charge in [-0.3, -0.25) is 9.78 Å². The van der Waals surface area contributed by atoms with Crippen molar-refractivity contribution in [3.05, 3.63) is 65.0 Å². The van der Waals surface area contributed by atoms with Crippen molar-refractivity contribution in [3.63, 3.8) is 0 Å². The smallest absolute Gasteiger partial charge is 0.224 e. The minimum absolute atomic E-state index is 0.0286. The monoisotopic (exact) mass is 335 g/mol. The largest absolute Gasteiger partial charge is 0.481 e. The van der Waals surface area contributed by atoms with Crippen LogP contribution in [-0.2, 0) is 17.8 Å². The first-order valence-corrected chi connectivity index (χ1v) is 8.19. The molecular formula is C20H21N3O2. The zero-order valence-corrected chi connectivity index (χ0v) is 14.7. The third-order valence-electron chi connectivity index (χ3n) is 4.32.